The van der Waals surface area contributed by atoms with E-state index in [0.29, 0.717) is 0 Å². The van der Waals surface area contributed by atoms with Crippen LogP contribution < -0.4 is 0 Å². The van der Waals surface area contributed by atoms with Gasteiger partial charge in [-0.1, -0.05) is 11.6 Å². The lowest BCUT2D eigenvalue weighted by molar-refractivity contribution is 0.00648. The molecule has 0 radical (unpaired) electrons. The van der Waals surface area contributed by atoms with Crippen molar-refractivity contribution in [2.24, 2.45) is 0 Å². The topological polar surface area (TPSA) is 26.3 Å². The Kier molecular flexibility index (Phi) is 3.35. The minimum absolute atomic E-state index is 0.102. The highest BCUT2D eigenvalue weighted by molar-refractivity contribution is 6.30. The van der Waals surface area contributed by atoms with Gasteiger partial charge in [0.1, 0.15) is 11.4 Å². The van der Waals surface area contributed by atoms with Gasteiger partial charge in [0.15, 0.2) is 0 Å². The molecule has 0 saturated carbocycles. The third-order valence-corrected chi connectivity index (χ3v) is 1.79. The zero-order valence-electron chi connectivity index (χ0n) is 8.80. The summed E-state index contributed by atoms with van der Waals surface area (Å²) in [6, 6.07) is 3.84. The van der Waals surface area contributed by atoms with Crippen LogP contribution in [-0.4, -0.2) is 11.6 Å². The van der Waals surface area contributed by atoms with Gasteiger partial charge in [-0.3, -0.25) is 0 Å². The first-order valence-electron chi connectivity index (χ1n) is 4.48. The predicted octanol–water partition coefficient (Wildman–Crippen LogP) is 3.43. The molecule has 1 aromatic rings. The van der Waals surface area contributed by atoms with Crippen molar-refractivity contribution in [2.45, 2.75) is 26.4 Å². The van der Waals surface area contributed by atoms with Gasteiger partial charge >= 0.3 is 5.97 Å². The van der Waals surface area contributed by atoms with E-state index in [1.165, 1.54) is 12.1 Å². The van der Waals surface area contributed by atoms with Crippen LogP contribution in [0.15, 0.2) is 18.2 Å². The number of rotatable bonds is 1. The van der Waals surface area contributed by atoms with Crippen LogP contribution in [0.3, 0.4) is 0 Å². The van der Waals surface area contributed by atoms with Crippen LogP contribution in [0.2, 0.25) is 5.02 Å². The first kappa shape index (κ1) is 12.0. The van der Waals surface area contributed by atoms with Crippen LogP contribution in [0.1, 0.15) is 31.1 Å². The molecule has 0 fully saturated rings. The SMILES string of the molecule is CC(C)(C)OC(=O)c1ccc(Cl)cc1F. The molecule has 1 aromatic carbocycles. The second-order valence-electron chi connectivity index (χ2n) is 4.13. The quantitative estimate of drug-likeness (QED) is 0.691. The maximum absolute atomic E-state index is 13.3. The van der Waals surface area contributed by atoms with Gasteiger partial charge in [0.2, 0.25) is 0 Å². The van der Waals surface area contributed by atoms with Crippen molar-refractivity contribution in [3.8, 4) is 0 Å². The highest BCUT2D eigenvalue weighted by atomic mass is 35.5. The third kappa shape index (κ3) is 3.51. The van der Waals surface area contributed by atoms with Gasteiger partial charge in [-0.05, 0) is 39.0 Å². The summed E-state index contributed by atoms with van der Waals surface area (Å²) in [6.45, 7) is 5.16. The van der Waals surface area contributed by atoms with Crippen LogP contribution in [0.5, 0.6) is 0 Å². The minimum atomic E-state index is -0.684. The molecule has 0 aliphatic carbocycles. The number of benzene rings is 1. The smallest absolute Gasteiger partial charge is 0.341 e. The molecular weight excluding hydrogens is 219 g/mol. The maximum atomic E-state index is 13.3. The average molecular weight is 231 g/mol. The average Bonchev–Trinajstić information content (AvgIpc) is 1.99. The molecule has 0 saturated heterocycles. The van der Waals surface area contributed by atoms with Crippen molar-refractivity contribution in [2.75, 3.05) is 0 Å². The molecule has 0 N–H and O–H groups in total. The molecule has 2 nitrogen and oxygen atoms in total. The number of carbonyl (C=O) groups is 1. The van der Waals surface area contributed by atoms with Crippen molar-refractivity contribution >= 4 is 17.6 Å². The lowest BCUT2D eigenvalue weighted by atomic mass is 10.1. The molecule has 0 unspecified atom stereocenters. The van der Waals surface area contributed by atoms with E-state index in [1.54, 1.807) is 20.8 Å². The summed E-state index contributed by atoms with van der Waals surface area (Å²) in [7, 11) is 0. The van der Waals surface area contributed by atoms with E-state index in [-0.39, 0.29) is 10.6 Å². The standard InChI is InChI=1S/C11H12ClFO2/c1-11(2,3)15-10(14)8-5-4-7(12)6-9(8)13/h4-6H,1-3H3. The van der Waals surface area contributed by atoms with Crippen molar-refractivity contribution in [1.82, 2.24) is 0 Å². The van der Waals surface area contributed by atoms with Crippen LogP contribution in [0.25, 0.3) is 0 Å². The maximum Gasteiger partial charge on any atom is 0.341 e. The van der Waals surface area contributed by atoms with Gasteiger partial charge in [-0.15, -0.1) is 0 Å². The van der Waals surface area contributed by atoms with Gasteiger partial charge < -0.3 is 4.74 Å². The van der Waals surface area contributed by atoms with Crippen molar-refractivity contribution < 1.29 is 13.9 Å². The van der Waals surface area contributed by atoms with Crippen LogP contribution in [0.4, 0.5) is 4.39 Å². The number of carbonyl (C=O) groups excluding carboxylic acids is 1. The van der Waals surface area contributed by atoms with Crippen LogP contribution >= 0.6 is 11.6 Å². The lowest BCUT2D eigenvalue weighted by Crippen LogP contribution is -2.24. The van der Waals surface area contributed by atoms with E-state index in [2.05, 4.69) is 0 Å². The Hall–Kier alpha value is -1.09. The molecular formula is C11H12ClFO2. The molecule has 15 heavy (non-hydrogen) atoms. The molecule has 0 atom stereocenters. The number of hydrogen-bond acceptors (Lipinski definition) is 2. The molecule has 1 rings (SSSR count). The summed E-state index contributed by atoms with van der Waals surface area (Å²) in [6.07, 6.45) is 0. The predicted molar refractivity (Wildman–Crippen MR) is 56.6 cm³/mol. The highest BCUT2D eigenvalue weighted by Gasteiger charge is 2.20. The van der Waals surface area contributed by atoms with Gasteiger partial charge in [0.25, 0.3) is 0 Å². The molecule has 0 spiro atoms. The summed E-state index contributed by atoms with van der Waals surface area (Å²) in [5.74, 6) is -1.35. The molecule has 0 heterocycles. The van der Waals surface area contributed by atoms with E-state index in [4.69, 9.17) is 16.3 Å². The Morgan fingerprint density at radius 1 is 1.40 bits per heavy atom. The molecule has 4 heteroatoms. The van der Waals surface area contributed by atoms with E-state index in [9.17, 15) is 9.18 Å². The number of hydrogen-bond donors (Lipinski definition) is 0. The first-order valence-corrected chi connectivity index (χ1v) is 4.86. The highest BCUT2D eigenvalue weighted by Crippen LogP contribution is 2.18. The van der Waals surface area contributed by atoms with Crippen LogP contribution in [0, 0.1) is 5.82 Å². The fraction of sp³-hybridized carbons (Fsp3) is 0.364. The summed E-state index contributed by atoms with van der Waals surface area (Å²) in [4.78, 5) is 11.5. The van der Waals surface area contributed by atoms with Gasteiger partial charge in [-0.25, -0.2) is 9.18 Å². The number of ether oxygens (including phenoxy) is 1. The monoisotopic (exact) mass is 230 g/mol. The van der Waals surface area contributed by atoms with Gasteiger partial charge in [0.05, 0.1) is 5.56 Å². The summed E-state index contributed by atoms with van der Waals surface area (Å²) in [5.41, 5.74) is -0.738. The van der Waals surface area contributed by atoms with E-state index >= 15 is 0 Å². The van der Waals surface area contributed by atoms with E-state index in [0.717, 1.165) is 6.07 Å². The molecule has 0 bridgehead atoms. The molecule has 0 aliphatic rings. The van der Waals surface area contributed by atoms with E-state index < -0.39 is 17.4 Å². The largest absolute Gasteiger partial charge is 0.456 e. The fourth-order valence-electron chi connectivity index (χ4n) is 0.988. The second-order valence-corrected chi connectivity index (χ2v) is 4.56. The number of halogens is 2. The summed E-state index contributed by atoms with van der Waals surface area (Å²) in [5, 5.41) is 0.250. The summed E-state index contributed by atoms with van der Waals surface area (Å²) >= 11 is 5.56. The van der Waals surface area contributed by atoms with Gasteiger partial charge in [0, 0.05) is 5.02 Å². The first-order chi connectivity index (χ1) is 6.79. The Morgan fingerprint density at radius 3 is 2.47 bits per heavy atom. The number of esters is 1. The lowest BCUT2D eigenvalue weighted by Gasteiger charge is -2.19. The van der Waals surface area contributed by atoms with Crippen molar-refractivity contribution in [3.63, 3.8) is 0 Å². The molecule has 0 aliphatic heterocycles. The van der Waals surface area contributed by atoms with Crippen LogP contribution in [-0.2, 0) is 4.74 Å². The van der Waals surface area contributed by atoms with Crippen molar-refractivity contribution in [3.05, 3.63) is 34.6 Å². The third-order valence-electron chi connectivity index (χ3n) is 1.55. The van der Waals surface area contributed by atoms with E-state index in [1.807, 2.05) is 0 Å². The molecule has 82 valence electrons. The normalized spacial score (nSPS) is 11.3. The Labute approximate surface area is 93.0 Å². The van der Waals surface area contributed by atoms with Gasteiger partial charge in [-0.2, -0.15) is 0 Å². The zero-order chi connectivity index (χ0) is 11.6. The second kappa shape index (κ2) is 4.19. The Morgan fingerprint density at radius 2 is 2.00 bits per heavy atom. The zero-order valence-corrected chi connectivity index (χ0v) is 9.56. The fourth-order valence-corrected chi connectivity index (χ4v) is 1.15. The Balaban J connectivity index is 2.92. The molecule has 0 amide bonds. The Bertz CT molecular complexity index is 383. The minimum Gasteiger partial charge on any atom is -0.456 e. The summed E-state index contributed by atoms with van der Waals surface area (Å²) < 4.78 is 18.3. The van der Waals surface area contributed by atoms with Crippen molar-refractivity contribution in [1.29, 1.82) is 0 Å². The molecule has 0 aromatic heterocycles.